The van der Waals surface area contributed by atoms with Gasteiger partial charge in [-0.2, -0.15) is 0 Å². The molecule has 104 valence electrons. The molecule has 2 unspecified atom stereocenters. The maximum Gasteiger partial charge on any atom is 0.341 e. The predicted molar refractivity (Wildman–Crippen MR) is 68.7 cm³/mol. The molecule has 1 aliphatic carbocycles. The molecule has 7 heteroatoms. The number of rotatable bonds is 2. The summed E-state index contributed by atoms with van der Waals surface area (Å²) in [6.45, 7) is 0. The Labute approximate surface area is 116 Å². The number of carbonyl (C=O) groups is 1. The van der Waals surface area contributed by atoms with E-state index in [-0.39, 0.29) is 22.3 Å². The zero-order valence-electron chi connectivity index (χ0n) is 9.94. The maximum absolute atomic E-state index is 13.4. The fourth-order valence-electron chi connectivity index (χ4n) is 2.26. The molecule has 0 aliphatic heterocycles. The molecule has 0 amide bonds. The van der Waals surface area contributed by atoms with Crippen LogP contribution in [0.1, 0.15) is 22.8 Å². The molecule has 0 radical (unpaired) electrons. The van der Waals surface area contributed by atoms with E-state index < -0.39 is 35.0 Å². The number of aromatic carboxylic acids is 1. The molecule has 1 aliphatic rings. The van der Waals surface area contributed by atoms with Crippen molar-refractivity contribution in [2.45, 2.75) is 18.6 Å². The smallest absolute Gasteiger partial charge is 0.341 e. The van der Waals surface area contributed by atoms with Crippen molar-refractivity contribution in [3.05, 3.63) is 45.0 Å². The van der Waals surface area contributed by atoms with Gasteiger partial charge in [0, 0.05) is 12.6 Å². The Morgan fingerprint density at radius 2 is 2.10 bits per heavy atom. The van der Waals surface area contributed by atoms with Crippen LogP contribution in [0, 0.1) is 5.82 Å². The zero-order valence-corrected chi connectivity index (χ0v) is 10.7. The molecule has 0 saturated heterocycles. The standard InChI is InChI=1S/C13H8ClF2NO3/c14-8-2-5(15)1-6-11(8)17(10-3-9(10)16)4-7(12(6)18)13(19)20/h1-2,4,9-10H,3H2,(H,19,20). The second-order valence-corrected chi connectivity index (χ2v) is 5.09. The van der Waals surface area contributed by atoms with Crippen molar-refractivity contribution in [1.29, 1.82) is 0 Å². The minimum absolute atomic E-state index is 0.0480. The highest BCUT2D eigenvalue weighted by molar-refractivity contribution is 6.35. The van der Waals surface area contributed by atoms with Crippen LogP contribution in [0.5, 0.6) is 0 Å². The van der Waals surface area contributed by atoms with E-state index in [1.807, 2.05) is 0 Å². The first-order valence-corrected chi connectivity index (χ1v) is 6.19. The van der Waals surface area contributed by atoms with Crippen LogP contribution in [0.3, 0.4) is 0 Å². The Balaban J connectivity index is 2.45. The summed E-state index contributed by atoms with van der Waals surface area (Å²) in [5.41, 5.74) is -1.20. The Bertz CT molecular complexity index is 802. The summed E-state index contributed by atoms with van der Waals surface area (Å²) in [5.74, 6) is -2.19. The summed E-state index contributed by atoms with van der Waals surface area (Å²) >= 11 is 5.92. The molecule has 20 heavy (non-hydrogen) atoms. The fraction of sp³-hybridized carbons (Fsp3) is 0.231. The van der Waals surface area contributed by atoms with E-state index in [4.69, 9.17) is 16.7 Å². The third kappa shape index (κ3) is 1.87. The third-order valence-electron chi connectivity index (χ3n) is 3.31. The number of hydrogen-bond donors (Lipinski definition) is 1. The molecule has 2 atom stereocenters. The largest absolute Gasteiger partial charge is 0.477 e. The van der Waals surface area contributed by atoms with Gasteiger partial charge in [0.1, 0.15) is 17.6 Å². The van der Waals surface area contributed by atoms with Gasteiger partial charge in [0.25, 0.3) is 0 Å². The van der Waals surface area contributed by atoms with Gasteiger partial charge in [-0.3, -0.25) is 4.79 Å². The summed E-state index contributed by atoms with van der Waals surface area (Å²) in [5, 5.41) is 8.82. The van der Waals surface area contributed by atoms with Crippen LogP contribution in [0.15, 0.2) is 23.1 Å². The summed E-state index contributed by atoms with van der Waals surface area (Å²) in [7, 11) is 0. The number of benzene rings is 1. The highest BCUT2D eigenvalue weighted by Crippen LogP contribution is 2.41. The minimum Gasteiger partial charge on any atom is -0.477 e. The van der Waals surface area contributed by atoms with Gasteiger partial charge < -0.3 is 9.67 Å². The molecule has 1 aromatic carbocycles. The topological polar surface area (TPSA) is 59.3 Å². The van der Waals surface area contributed by atoms with Crippen molar-refractivity contribution in [2.75, 3.05) is 0 Å². The van der Waals surface area contributed by atoms with Gasteiger partial charge in [-0.15, -0.1) is 0 Å². The summed E-state index contributed by atoms with van der Waals surface area (Å²) in [4.78, 5) is 23.1. The van der Waals surface area contributed by atoms with Crippen LogP contribution in [0.25, 0.3) is 10.9 Å². The van der Waals surface area contributed by atoms with E-state index in [2.05, 4.69) is 0 Å². The fourth-order valence-corrected chi connectivity index (χ4v) is 2.57. The lowest BCUT2D eigenvalue weighted by Gasteiger charge is -2.12. The lowest BCUT2D eigenvalue weighted by Crippen LogP contribution is -2.19. The van der Waals surface area contributed by atoms with Gasteiger partial charge in [0.15, 0.2) is 0 Å². The summed E-state index contributed by atoms with van der Waals surface area (Å²) in [6.07, 6.45) is 0.162. The van der Waals surface area contributed by atoms with Crippen LogP contribution in [-0.4, -0.2) is 21.8 Å². The number of carboxylic acids is 1. The molecule has 2 aromatic rings. The van der Waals surface area contributed by atoms with Gasteiger partial charge >= 0.3 is 5.97 Å². The molecule has 1 N–H and O–H groups in total. The average molecular weight is 300 g/mol. The van der Waals surface area contributed by atoms with Gasteiger partial charge in [-0.05, 0) is 12.1 Å². The van der Waals surface area contributed by atoms with Crippen LogP contribution in [0.4, 0.5) is 8.78 Å². The van der Waals surface area contributed by atoms with E-state index >= 15 is 0 Å². The third-order valence-corrected chi connectivity index (χ3v) is 3.60. The van der Waals surface area contributed by atoms with Gasteiger partial charge in [0.05, 0.1) is 22.0 Å². The van der Waals surface area contributed by atoms with Crippen LogP contribution >= 0.6 is 11.6 Å². The summed E-state index contributed by atoms with van der Waals surface area (Å²) in [6, 6.07) is 1.36. The Morgan fingerprint density at radius 1 is 1.45 bits per heavy atom. The van der Waals surface area contributed by atoms with Crippen molar-refractivity contribution in [2.24, 2.45) is 0 Å². The number of halogens is 3. The van der Waals surface area contributed by atoms with E-state index in [9.17, 15) is 18.4 Å². The number of fused-ring (bicyclic) bond motifs is 1. The zero-order chi connectivity index (χ0) is 14.6. The monoisotopic (exact) mass is 299 g/mol. The Hall–Kier alpha value is -1.95. The number of aromatic nitrogens is 1. The molecule has 1 heterocycles. The molecule has 1 aromatic heterocycles. The minimum atomic E-state index is -1.44. The SMILES string of the molecule is O=C(O)c1cn(C2CC2F)c2c(Cl)cc(F)cc2c1=O. The van der Waals surface area contributed by atoms with Gasteiger partial charge in [-0.25, -0.2) is 13.6 Å². The van der Waals surface area contributed by atoms with Crippen molar-refractivity contribution < 1.29 is 18.7 Å². The van der Waals surface area contributed by atoms with Crippen LogP contribution in [0.2, 0.25) is 5.02 Å². The van der Waals surface area contributed by atoms with Crippen LogP contribution in [-0.2, 0) is 0 Å². The summed E-state index contributed by atoms with van der Waals surface area (Å²) < 4.78 is 28.0. The van der Waals surface area contributed by atoms with Gasteiger partial charge in [0.2, 0.25) is 5.43 Å². The van der Waals surface area contributed by atoms with Crippen molar-refractivity contribution in [3.8, 4) is 0 Å². The molecule has 1 fully saturated rings. The average Bonchev–Trinajstić information content (AvgIpc) is 3.07. The lowest BCUT2D eigenvalue weighted by atomic mass is 10.1. The van der Waals surface area contributed by atoms with Gasteiger partial charge in [-0.1, -0.05) is 11.6 Å². The van der Waals surface area contributed by atoms with Crippen molar-refractivity contribution in [3.63, 3.8) is 0 Å². The molecule has 3 rings (SSSR count). The first kappa shape index (κ1) is 13.1. The maximum atomic E-state index is 13.4. The predicted octanol–water partition coefficient (Wildman–Crippen LogP) is 2.78. The highest BCUT2D eigenvalue weighted by atomic mass is 35.5. The van der Waals surface area contributed by atoms with E-state index in [0.29, 0.717) is 0 Å². The number of hydrogen-bond acceptors (Lipinski definition) is 2. The molecular formula is C13H8ClF2NO3. The molecule has 4 nitrogen and oxygen atoms in total. The first-order chi connectivity index (χ1) is 9.40. The molecular weight excluding hydrogens is 292 g/mol. The number of nitrogens with zero attached hydrogens (tertiary/aromatic N) is 1. The second kappa shape index (κ2) is 4.28. The number of pyridine rings is 1. The first-order valence-electron chi connectivity index (χ1n) is 5.81. The molecule has 0 bridgehead atoms. The molecule has 1 saturated carbocycles. The quantitative estimate of drug-likeness (QED) is 0.927. The normalized spacial score (nSPS) is 21.1. The van der Waals surface area contributed by atoms with Crippen LogP contribution < -0.4 is 5.43 Å². The van der Waals surface area contributed by atoms with E-state index in [0.717, 1.165) is 18.3 Å². The second-order valence-electron chi connectivity index (χ2n) is 4.69. The highest BCUT2D eigenvalue weighted by Gasteiger charge is 2.40. The van der Waals surface area contributed by atoms with E-state index in [1.165, 1.54) is 4.57 Å². The van der Waals surface area contributed by atoms with E-state index in [1.54, 1.807) is 0 Å². The number of alkyl halides is 1. The lowest BCUT2D eigenvalue weighted by molar-refractivity contribution is 0.0694. The van der Waals surface area contributed by atoms with Crippen molar-refractivity contribution >= 4 is 28.5 Å². The Morgan fingerprint density at radius 3 is 2.65 bits per heavy atom. The Kier molecular flexibility index (Phi) is 2.79. The number of carboxylic acid groups (broad SMARTS) is 1. The van der Waals surface area contributed by atoms with Crippen molar-refractivity contribution in [1.82, 2.24) is 4.57 Å². The molecule has 0 spiro atoms.